The number of carbonyl (C=O) groups is 1. The number of hydrogen-bond acceptors (Lipinski definition) is 4. The molecular formula is C13H19NO4. The van der Waals surface area contributed by atoms with Crippen LogP contribution in [-0.4, -0.2) is 41.5 Å². The molecule has 0 aliphatic rings. The summed E-state index contributed by atoms with van der Waals surface area (Å²) in [6.07, 6.45) is -1.54. The number of carbonyl (C=O) groups excluding carboxylic acids is 1. The van der Waals surface area contributed by atoms with Crippen LogP contribution in [0.15, 0.2) is 30.3 Å². The van der Waals surface area contributed by atoms with E-state index < -0.39 is 12.2 Å². The Morgan fingerprint density at radius 2 is 2.06 bits per heavy atom. The van der Waals surface area contributed by atoms with Crippen LogP contribution >= 0.6 is 0 Å². The fourth-order valence-corrected chi connectivity index (χ4v) is 1.30. The van der Waals surface area contributed by atoms with Crippen LogP contribution in [0, 0.1) is 0 Å². The van der Waals surface area contributed by atoms with E-state index in [1.165, 1.54) is 0 Å². The number of hydrogen-bond donors (Lipinski definition) is 3. The Morgan fingerprint density at radius 1 is 1.39 bits per heavy atom. The molecule has 0 fully saturated rings. The molecular weight excluding hydrogens is 234 g/mol. The molecule has 0 saturated carbocycles. The van der Waals surface area contributed by atoms with E-state index in [1.807, 2.05) is 30.3 Å². The fourth-order valence-electron chi connectivity index (χ4n) is 1.30. The molecule has 5 nitrogen and oxygen atoms in total. The van der Waals surface area contributed by atoms with E-state index in [-0.39, 0.29) is 19.1 Å². The van der Waals surface area contributed by atoms with Gasteiger partial charge in [0.05, 0.1) is 19.3 Å². The molecule has 0 radical (unpaired) electrons. The van der Waals surface area contributed by atoms with Crippen molar-refractivity contribution in [3.05, 3.63) is 35.9 Å². The molecule has 3 N–H and O–H groups in total. The Morgan fingerprint density at radius 3 is 2.67 bits per heavy atom. The quantitative estimate of drug-likeness (QED) is 0.642. The van der Waals surface area contributed by atoms with Crippen molar-refractivity contribution in [3.8, 4) is 0 Å². The van der Waals surface area contributed by atoms with Gasteiger partial charge in [-0.2, -0.15) is 0 Å². The van der Waals surface area contributed by atoms with Gasteiger partial charge in [0.25, 0.3) is 0 Å². The molecule has 0 aliphatic heterocycles. The first-order valence-electron chi connectivity index (χ1n) is 5.85. The van der Waals surface area contributed by atoms with Crippen LogP contribution in [0.3, 0.4) is 0 Å². The minimum atomic E-state index is -0.935. The van der Waals surface area contributed by atoms with Crippen LogP contribution in [0.1, 0.15) is 12.5 Å². The minimum absolute atomic E-state index is 0.0222. The molecule has 5 heteroatoms. The van der Waals surface area contributed by atoms with Crippen LogP contribution in [0.25, 0.3) is 0 Å². The third kappa shape index (κ3) is 5.27. The fraction of sp³-hybridized carbons (Fsp3) is 0.462. The molecule has 0 bridgehead atoms. The average molecular weight is 253 g/mol. The summed E-state index contributed by atoms with van der Waals surface area (Å²) < 4.78 is 5.40. The molecule has 1 rings (SSSR count). The van der Waals surface area contributed by atoms with Crippen LogP contribution in [0.5, 0.6) is 0 Å². The monoisotopic (exact) mass is 253 g/mol. The zero-order chi connectivity index (χ0) is 13.4. The molecule has 2 unspecified atom stereocenters. The molecule has 1 amide bonds. The van der Waals surface area contributed by atoms with Crippen molar-refractivity contribution in [3.63, 3.8) is 0 Å². The number of nitrogens with one attached hydrogen (secondary N) is 1. The van der Waals surface area contributed by atoms with Crippen molar-refractivity contribution < 1.29 is 19.7 Å². The lowest BCUT2D eigenvalue weighted by molar-refractivity contribution is -0.133. The number of amides is 1. The SMILES string of the molecule is CC(OCc1ccccc1)C(=O)NCC(O)CO. The molecule has 18 heavy (non-hydrogen) atoms. The minimum Gasteiger partial charge on any atom is -0.394 e. The summed E-state index contributed by atoms with van der Waals surface area (Å²) in [6, 6.07) is 9.55. The lowest BCUT2D eigenvalue weighted by Gasteiger charge is -2.14. The van der Waals surface area contributed by atoms with Crippen molar-refractivity contribution in [1.82, 2.24) is 5.32 Å². The lowest BCUT2D eigenvalue weighted by Crippen LogP contribution is -2.39. The molecule has 0 aromatic heterocycles. The summed E-state index contributed by atoms with van der Waals surface area (Å²) in [4.78, 5) is 11.6. The van der Waals surface area contributed by atoms with Crippen LogP contribution in [0.4, 0.5) is 0 Å². The molecule has 2 atom stereocenters. The van der Waals surface area contributed by atoms with E-state index in [9.17, 15) is 4.79 Å². The first-order chi connectivity index (χ1) is 8.63. The second-order valence-electron chi connectivity index (χ2n) is 4.02. The molecule has 1 aromatic carbocycles. The third-order valence-corrected chi connectivity index (χ3v) is 2.43. The highest BCUT2D eigenvalue weighted by Crippen LogP contribution is 2.03. The van der Waals surface area contributed by atoms with Crippen molar-refractivity contribution in [2.24, 2.45) is 0 Å². The van der Waals surface area contributed by atoms with E-state index >= 15 is 0 Å². The van der Waals surface area contributed by atoms with Crippen molar-refractivity contribution in [1.29, 1.82) is 0 Å². The van der Waals surface area contributed by atoms with Gasteiger partial charge in [0, 0.05) is 6.54 Å². The summed E-state index contributed by atoms with van der Waals surface area (Å²) in [5.74, 6) is -0.307. The van der Waals surface area contributed by atoms with Crippen LogP contribution < -0.4 is 5.32 Å². The van der Waals surface area contributed by atoms with E-state index in [0.29, 0.717) is 6.61 Å². The van der Waals surface area contributed by atoms with Gasteiger partial charge in [-0.05, 0) is 12.5 Å². The Labute approximate surface area is 106 Å². The van der Waals surface area contributed by atoms with E-state index in [4.69, 9.17) is 14.9 Å². The van der Waals surface area contributed by atoms with Crippen molar-refractivity contribution in [2.45, 2.75) is 25.7 Å². The van der Waals surface area contributed by atoms with Crippen molar-refractivity contribution >= 4 is 5.91 Å². The second-order valence-corrected chi connectivity index (χ2v) is 4.02. The molecule has 0 aliphatic carbocycles. The molecule has 0 heterocycles. The Balaban J connectivity index is 2.27. The average Bonchev–Trinajstić information content (AvgIpc) is 2.42. The van der Waals surface area contributed by atoms with Crippen LogP contribution in [0.2, 0.25) is 0 Å². The predicted octanol–water partition coefficient (Wildman–Crippen LogP) is 0.0611. The van der Waals surface area contributed by atoms with Gasteiger partial charge in [-0.15, -0.1) is 0 Å². The molecule has 1 aromatic rings. The summed E-state index contributed by atoms with van der Waals surface area (Å²) in [5.41, 5.74) is 0.993. The standard InChI is InChI=1S/C13H19NO4/c1-10(13(17)14-7-12(16)8-15)18-9-11-5-3-2-4-6-11/h2-6,10,12,15-16H,7-9H2,1H3,(H,14,17). The van der Waals surface area contributed by atoms with Gasteiger partial charge < -0.3 is 20.3 Å². The summed E-state index contributed by atoms with van der Waals surface area (Å²) in [6.45, 7) is 1.65. The number of benzene rings is 1. The van der Waals surface area contributed by atoms with Gasteiger partial charge in [0.2, 0.25) is 5.91 Å². The number of ether oxygens (including phenoxy) is 1. The molecule has 100 valence electrons. The number of rotatable bonds is 7. The smallest absolute Gasteiger partial charge is 0.248 e. The molecule has 0 spiro atoms. The van der Waals surface area contributed by atoms with Gasteiger partial charge in [-0.25, -0.2) is 0 Å². The normalized spacial score (nSPS) is 13.9. The summed E-state index contributed by atoms with van der Waals surface area (Å²) in [5, 5.41) is 20.2. The van der Waals surface area contributed by atoms with Gasteiger partial charge in [-0.3, -0.25) is 4.79 Å². The third-order valence-electron chi connectivity index (χ3n) is 2.43. The van der Waals surface area contributed by atoms with Gasteiger partial charge in [0.1, 0.15) is 6.10 Å². The maximum absolute atomic E-state index is 11.6. The topological polar surface area (TPSA) is 78.8 Å². The second kappa shape index (κ2) is 7.81. The Bertz CT molecular complexity index is 355. The Kier molecular flexibility index (Phi) is 6.35. The highest BCUT2D eigenvalue weighted by molar-refractivity contribution is 5.80. The first-order valence-corrected chi connectivity index (χ1v) is 5.85. The number of aliphatic hydroxyl groups is 2. The maximum Gasteiger partial charge on any atom is 0.248 e. The highest BCUT2D eigenvalue weighted by Gasteiger charge is 2.14. The largest absolute Gasteiger partial charge is 0.394 e. The maximum atomic E-state index is 11.6. The van der Waals surface area contributed by atoms with Gasteiger partial charge >= 0.3 is 0 Å². The molecule has 0 saturated heterocycles. The van der Waals surface area contributed by atoms with Crippen molar-refractivity contribution in [2.75, 3.05) is 13.2 Å². The highest BCUT2D eigenvalue weighted by atomic mass is 16.5. The van der Waals surface area contributed by atoms with E-state index in [1.54, 1.807) is 6.92 Å². The lowest BCUT2D eigenvalue weighted by atomic mass is 10.2. The van der Waals surface area contributed by atoms with Crippen LogP contribution in [-0.2, 0) is 16.1 Å². The van der Waals surface area contributed by atoms with E-state index in [0.717, 1.165) is 5.56 Å². The zero-order valence-electron chi connectivity index (χ0n) is 10.4. The Hall–Kier alpha value is -1.43. The van der Waals surface area contributed by atoms with E-state index in [2.05, 4.69) is 5.32 Å². The predicted molar refractivity (Wildman–Crippen MR) is 66.8 cm³/mol. The number of aliphatic hydroxyl groups excluding tert-OH is 2. The van der Waals surface area contributed by atoms with Gasteiger partial charge in [0.15, 0.2) is 0 Å². The first kappa shape index (κ1) is 14.6. The zero-order valence-corrected chi connectivity index (χ0v) is 10.4. The van der Waals surface area contributed by atoms with Gasteiger partial charge in [-0.1, -0.05) is 30.3 Å². The summed E-state index contributed by atoms with van der Waals surface area (Å²) in [7, 11) is 0. The summed E-state index contributed by atoms with van der Waals surface area (Å²) >= 11 is 0.